The second-order valence-corrected chi connectivity index (χ2v) is 6.37. The molecule has 2 heterocycles. The molecule has 1 aromatic carbocycles. The molecule has 25 heavy (non-hydrogen) atoms. The van der Waals surface area contributed by atoms with Crippen molar-refractivity contribution in [3.05, 3.63) is 54.2 Å². The van der Waals surface area contributed by atoms with E-state index in [-0.39, 0.29) is 18.4 Å². The van der Waals surface area contributed by atoms with E-state index in [1.54, 1.807) is 42.2 Å². The molecule has 2 N–H and O–H groups in total. The molecular weight excluding hydrogens is 340 g/mol. The van der Waals surface area contributed by atoms with Gasteiger partial charge in [0.05, 0.1) is 5.03 Å². The fraction of sp³-hybridized carbons (Fsp3) is 0.176. The molecule has 1 saturated heterocycles. The maximum atomic E-state index is 12.1. The van der Waals surface area contributed by atoms with E-state index in [4.69, 9.17) is 0 Å². The lowest BCUT2D eigenvalue weighted by atomic mass is 10.2. The van der Waals surface area contributed by atoms with Crippen molar-refractivity contribution in [1.29, 1.82) is 0 Å². The molecule has 0 aliphatic carbocycles. The Hall–Kier alpha value is -2.87. The molecular formula is C17H16N4O3S. The molecule has 1 fully saturated rings. The monoisotopic (exact) mass is 356 g/mol. The Morgan fingerprint density at radius 1 is 1.20 bits per heavy atom. The van der Waals surface area contributed by atoms with Crippen LogP contribution in [0.5, 0.6) is 0 Å². The Morgan fingerprint density at radius 2 is 2.00 bits per heavy atom. The summed E-state index contributed by atoms with van der Waals surface area (Å²) in [6.07, 6.45) is 1.73. The van der Waals surface area contributed by atoms with Gasteiger partial charge in [0.15, 0.2) is 0 Å². The van der Waals surface area contributed by atoms with Crippen molar-refractivity contribution in [2.45, 2.75) is 5.03 Å². The van der Waals surface area contributed by atoms with Crippen LogP contribution in [0, 0.1) is 0 Å². The van der Waals surface area contributed by atoms with E-state index in [1.165, 1.54) is 4.90 Å². The van der Waals surface area contributed by atoms with Gasteiger partial charge in [0.2, 0.25) is 5.91 Å². The van der Waals surface area contributed by atoms with Crippen molar-refractivity contribution in [2.24, 2.45) is 0 Å². The number of thioether (sulfide) groups is 1. The maximum Gasteiger partial charge on any atom is 0.329 e. The van der Waals surface area contributed by atoms with Gasteiger partial charge in [-0.2, -0.15) is 0 Å². The third kappa shape index (κ3) is 4.36. The minimum atomic E-state index is -0.450. The molecule has 0 bridgehead atoms. The summed E-state index contributed by atoms with van der Waals surface area (Å²) in [5, 5.41) is 5.97. The van der Waals surface area contributed by atoms with E-state index in [0.717, 1.165) is 10.8 Å². The van der Waals surface area contributed by atoms with Crippen LogP contribution in [-0.4, -0.2) is 41.7 Å². The number of nitrogens with one attached hydrogen (secondary N) is 2. The number of hydrogen-bond donors (Lipinski definition) is 2. The van der Waals surface area contributed by atoms with E-state index in [0.29, 0.717) is 17.8 Å². The van der Waals surface area contributed by atoms with Crippen LogP contribution in [0.2, 0.25) is 0 Å². The van der Waals surface area contributed by atoms with E-state index in [2.05, 4.69) is 15.6 Å². The molecule has 0 saturated carbocycles. The fourth-order valence-electron chi connectivity index (χ4n) is 2.30. The van der Waals surface area contributed by atoms with Gasteiger partial charge in [-0.1, -0.05) is 6.07 Å². The van der Waals surface area contributed by atoms with E-state index >= 15 is 0 Å². The van der Waals surface area contributed by atoms with Crippen molar-refractivity contribution in [3.8, 4) is 0 Å². The third-order valence-corrected chi connectivity index (χ3v) is 4.46. The van der Waals surface area contributed by atoms with Crippen LogP contribution >= 0.6 is 11.8 Å². The van der Waals surface area contributed by atoms with Crippen LogP contribution in [0.1, 0.15) is 10.4 Å². The Labute approximate surface area is 148 Å². The molecule has 0 unspecified atom stereocenters. The number of amides is 4. The van der Waals surface area contributed by atoms with Gasteiger partial charge < -0.3 is 5.32 Å². The number of nitrogens with zero attached hydrogens (tertiary/aromatic N) is 2. The number of imide groups is 1. The van der Waals surface area contributed by atoms with Gasteiger partial charge in [0.25, 0.3) is 5.91 Å². The number of hydrogen-bond acceptors (Lipinski definition) is 5. The predicted molar refractivity (Wildman–Crippen MR) is 94.6 cm³/mol. The lowest BCUT2D eigenvalue weighted by Crippen LogP contribution is -2.28. The number of rotatable bonds is 6. The second-order valence-electron chi connectivity index (χ2n) is 5.26. The molecule has 128 valence electrons. The normalized spacial score (nSPS) is 13.7. The van der Waals surface area contributed by atoms with Crippen molar-refractivity contribution in [2.75, 3.05) is 23.7 Å². The first-order valence-electron chi connectivity index (χ1n) is 7.67. The minimum absolute atomic E-state index is 0.00484. The van der Waals surface area contributed by atoms with E-state index in [9.17, 15) is 14.4 Å². The van der Waals surface area contributed by atoms with Gasteiger partial charge in [-0.15, -0.1) is 11.8 Å². The molecule has 0 radical (unpaired) electrons. The van der Waals surface area contributed by atoms with Gasteiger partial charge in [-0.3, -0.25) is 19.8 Å². The molecule has 3 rings (SSSR count). The highest BCUT2D eigenvalue weighted by molar-refractivity contribution is 7.99. The van der Waals surface area contributed by atoms with Gasteiger partial charge >= 0.3 is 6.03 Å². The van der Waals surface area contributed by atoms with Crippen LogP contribution < -0.4 is 15.5 Å². The molecule has 0 atom stereocenters. The lowest BCUT2D eigenvalue weighted by molar-refractivity contribution is -0.117. The SMILES string of the molecule is O=C1CN(c2ccc(C(=O)NCCSc3ccccn3)cc2)C(=O)N1. The fourth-order valence-corrected chi connectivity index (χ4v) is 3.02. The lowest BCUT2D eigenvalue weighted by Gasteiger charge is -2.13. The maximum absolute atomic E-state index is 12.1. The Balaban J connectivity index is 1.49. The second kappa shape index (κ2) is 7.80. The number of pyridine rings is 1. The first kappa shape index (κ1) is 17.0. The highest BCUT2D eigenvalue weighted by Crippen LogP contribution is 2.18. The van der Waals surface area contributed by atoms with Crippen molar-refractivity contribution in [3.63, 3.8) is 0 Å². The zero-order valence-corrected chi connectivity index (χ0v) is 14.1. The van der Waals surface area contributed by atoms with Crippen LogP contribution in [0.15, 0.2) is 53.7 Å². The molecule has 1 aliphatic rings. The van der Waals surface area contributed by atoms with Crippen LogP contribution in [0.3, 0.4) is 0 Å². The summed E-state index contributed by atoms with van der Waals surface area (Å²) in [7, 11) is 0. The van der Waals surface area contributed by atoms with Crippen molar-refractivity contribution >= 4 is 35.3 Å². The van der Waals surface area contributed by atoms with Gasteiger partial charge in [0, 0.05) is 29.7 Å². The Kier molecular flexibility index (Phi) is 5.30. The molecule has 8 heteroatoms. The summed E-state index contributed by atoms with van der Waals surface area (Å²) in [6, 6.07) is 11.8. The van der Waals surface area contributed by atoms with Gasteiger partial charge in [0.1, 0.15) is 6.54 Å². The first-order chi connectivity index (χ1) is 12.1. The largest absolute Gasteiger partial charge is 0.351 e. The number of carbonyl (C=O) groups excluding carboxylic acids is 3. The quantitative estimate of drug-likeness (QED) is 0.467. The number of urea groups is 1. The predicted octanol–water partition coefficient (Wildman–Crippen LogP) is 1.66. The highest BCUT2D eigenvalue weighted by Gasteiger charge is 2.27. The average molecular weight is 356 g/mol. The summed E-state index contributed by atoms with van der Waals surface area (Å²) in [5.41, 5.74) is 1.07. The number of carbonyl (C=O) groups is 3. The van der Waals surface area contributed by atoms with Crippen LogP contribution in [0.4, 0.5) is 10.5 Å². The molecule has 4 amide bonds. The Morgan fingerprint density at radius 3 is 2.64 bits per heavy atom. The molecule has 1 aliphatic heterocycles. The topological polar surface area (TPSA) is 91.4 Å². The molecule has 2 aromatic rings. The smallest absolute Gasteiger partial charge is 0.329 e. The summed E-state index contributed by atoms with van der Waals surface area (Å²) < 4.78 is 0. The van der Waals surface area contributed by atoms with Crippen LogP contribution in [-0.2, 0) is 4.79 Å². The number of anilines is 1. The summed E-state index contributed by atoms with van der Waals surface area (Å²) in [6.45, 7) is 0.514. The minimum Gasteiger partial charge on any atom is -0.351 e. The van der Waals surface area contributed by atoms with Crippen LogP contribution in [0.25, 0.3) is 0 Å². The molecule has 7 nitrogen and oxygen atoms in total. The van der Waals surface area contributed by atoms with Crippen molar-refractivity contribution in [1.82, 2.24) is 15.6 Å². The zero-order chi connectivity index (χ0) is 17.6. The third-order valence-electron chi connectivity index (χ3n) is 3.51. The molecule has 0 spiro atoms. The summed E-state index contributed by atoms with van der Waals surface area (Å²) in [5.74, 6) is 0.198. The van der Waals surface area contributed by atoms with E-state index in [1.807, 2.05) is 18.2 Å². The first-order valence-corrected chi connectivity index (χ1v) is 8.65. The zero-order valence-electron chi connectivity index (χ0n) is 13.3. The van der Waals surface area contributed by atoms with E-state index < -0.39 is 6.03 Å². The Bertz CT molecular complexity index is 780. The number of aromatic nitrogens is 1. The average Bonchev–Trinajstić information content (AvgIpc) is 2.98. The van der Waals surface area contributed by atoms with Crippen molar-refractivity contribution < 1.29 is 14.4 Å². The molecule has 1 aromatic heterocycles. The highest BCUT2D eigenvalue weighted by atomic mass is 32.2. The van der Waals surface area contributed by atoms with Gasteiger partial charge in [-0.25, -0.2) is 9.78 Å². The van der Waals surface area contributed by atoms with Gasteiger partial charge in [-0.05, 0) is 36.4 Å². The number of benzene rings is 1. The standard InChI is InChI=1S/C17H16N4O3S/c22-14-11-21(17(24)20-14)13-6-4-12(5-7-13)16(23)19-9-10-25-15-3-1-2-8-18-15/h1-8H,9-11H2,(H,19,23)(H,20,22,24). The summed E-state index contributed by atoms with van der Waals surface area (Å²) >= 11 is 1.57. The summed E-state index contributed by atoms with van der Waals surface area (Å²) in [4.78, 5) is 40.5.